The van der Waals surface area contributed by atoms with Crippen molar-refractivity contribution >= 4 is 5.91 Å². The van der Waals surface area contributed by atoms with Gasteiger partial charge >= 0.3 is 5.63 Å². The number of carbonyl (C=O) groups excluding carboxylic acids is 1. The minimum atomic E-state index is -0.575. The first-order valence-electron chi connectivity index (χ1n) is 3.43. The van der Waals surface area contributed by atoms with E-state index in [2.05, 4.69) is 0 Å². The fourth-order valence-electron chi connectivity index (χ4n) is 1.13. The number of rotatable bonds is 1. The van der Waals surface area contributed by atoms with E-state index in [4.69, 9.17) is 10.2 Å². The number of nitrogens with two attached hydrogens (primary N) is 1. The van der Waals surface area contributed by atoms with E-state index in [9.17, 15) is 9.59 Å². The predicted molar refractivity (Wildman–Crippen MR) is 43.0 cm³/mol. The molecule has 0 bridgehead atoms. The van der Waals surface area contributed by atoms with Crippen molar-refractivity contribution in [3.05, 3.63) is 33.4 Å². The largest absolute Gasteiger partial charge is 0.427 e. The third-order valence-corrected chi connectivity index (χ3v) is 1.58. The minimum Gasteiger partial charge on any atom is -0.427 e. The maximum atomic E-state index is 10.8. The summed E-state index contributed by atoms with van der Waals surface area (Å²) in [6, 6.07) is 1.24. The van der Waals surface area contributed by atoms with E-state index >= 15 is 0 Å². The molecule has 12 heavy (non-hydrogen) atoms. The third-order valence-electron chi connectivity index (χ3n) is 1.58. The quantitative estimate of drug-likeness (QED) is 0.656. The molecule has 1 aromatic rings. The van der Waals surface area contributed by atoms with Gasteiger partial charge in [0.25, 0.3) is 5.91 Å². The number of hydrogen-bond donors (Lipinski definition) is 1. The van der Waals surface area contributed by atoms with Crippen LogP contribution in [0.15, 0.2) is 15.3 Å². The van der Waals surface area contributed by atoms with E-state index < -0.39 is 11.5 Å². The Morgan fingerprint density at radius 3 is 2.50 bits per heavy atom. The number of amides is 1. The zero-order chi connectivity index (χ0) is 9.30. The van der Waals surface area contributed by atoms with Crippen LogP contribution in [0.2, 0.25) is 0 Å². The van der Waals surface area contributed by atoms with Crippen molar-refractivity contribution in [1.82, 2.24) is 0 Å². The van der Waals surface area contributed by atoms with Gasteiger partial charge in [0.2, 0.25) is 0 Å². The van der Waals surface area contributed by atoms with Crippen molar-refractivity contribution < 1.29 is 9.21 Å². The van der Waals surface area contributed by atoms with Gasteiger partial charge in [0.1, 0.15) is 5.76 Å². The van der Waals surface area contributed by atoms with Crippen molar-refractivity contribution in [3.8, 4) is 0 Å². The Balaban J connectivity index is 3.48. The summed E-state index contributed by atoms with van der Waals surface area (Å²) in [6.45, 7) is 3.18. The van der Waals surface area contributed by atoms with E-state index in [0.29, 0.717) is 5.56 Å². The second-order valence-corrected chi connectivity index (χ2v) is 2.54. The van der Waals surface area contributed by atoms with Gasteiger partial charge in [-0.25, -0.2) is 4.79 Å². The summed E-state index contributed by atoms with van der Waals surface area (Å²) >= 11 is 0. The highest BCUT2D eigenvalue weighted by Crippen LogP contribution is 2.08. The zero-order valence-electron chi connectivity index (χ0n) is 6.88. The highest BCUT2D eigenvalue weighted by Gasteiger charge is 2.10. The topological polar surface area (TPSA) is 73.3 Å². The standard InChI is InChI=1S/C8H9NO3/c1-4-3-6(10)12-5(2)7(4)8(9)11/h3H,1-2H3,(H2,9,11). The van der Waals surface area contributed by atoms with Crippen LogP contribution in [0.3, 0.4) is 0 Å². The number of hydrogen-bond acceptors (Lipinski definition) is 3. The Hall–Kier alpha value is -1.58. The van der Waals surface area contributed by atoms with Gasteiger partial charge in [0.05, 0.1) is 5.56 Å². The van der Waals surface area contributed by atoms with Gasteiger partial charge in [-0.1, -0.05) is 0 Å². The van der Waals surface area contributed by atoms with Crippen LogP contribution < -0.4 is 11.4 Å². The highest BCUT2D eigenvalue weighted by molar-refractivity contribution is 5.94. The van der Waals surface area contributed by atoms with Crippen LogP contribution in [0, 0.1) is 13.8 Å². The summed E-state index contributed by atoms with van der Waals surface area (Å²) < 4.78 is 4.69. The summed E-state index contributed by atoms with van der Waals surface area (Å²) in [5, 5.41) is 0. The summed E-state index contributed by atoms with van der Waals surface area (Å²) in [7, 11) is 0. The van der Waals surface area contributed by atoms with Crippen LogP contribution in [0.5, 0.6) is 0 Å². The Morgan fingerprint density at radius 1 is 1.50 bits per heavy atom. The molecular formula is C8H9NO3. The number of aryl methyl sites for hydroxylation is 2. The fraction of sp³-hybridized carbons (Fsp3) is 0.250. The Labute approximate surface area is 69.0 Å². The molecule has 1 heterocycles. The van der Waals surface area contributed by atoms with Gasteiger partial charge in [-0.3, -0.25) is 4.79 Å². The fourth-order valence-corrected chi connectivity index (χ4v) is 1.13. The number of carbonyl (C=O) groups is 1. The molecule has 0 aliphatic rings. The molecule has 0 saturated carbocycles. The monoisotopic (exact) mass is 167 g/mol. The lowest BCUT2D eigenvalue weighted by Gasteiger charge is -2.01. The van der Waals surface area contributed by atoms with Crippen LogP contribution in [-0.4, -0.2) is 5.91 Å². The molecule has 2 N–H and O–H groups in total. The maximum Gasteiger partial charge on any atom is 0.336 e. The van der Waals surface area contributed by atoms with Crippen molar-refractivity contribution in [2.75, 3.05) is 0 Å². The van der Waals surface area contributed by atoms with Crippen LogP contribution >= 0.6 is 0 Å². The van der Waals surface area contributed by atoms with Crippen molar-refractivity contribution in [1.29, 1.82) is 0 Å². The molecule has 1 amide bonds. The van der Waals surface area contributed by atoms with E-state index in [1.165, 1.54) is 13.0 Å². The summed E-state index contributed by atoms with van der Waals surface area (Å²) in [5.41, 5.74) is 5.44. The van der Waals surface area contributed by atoms with E-state index in [-0.39, 0.29) is 11.3 Å². The first kappa shape index (κ1) is 8.52. The van der Waals surface area contributed by atoms with Crippen molar-refractivity contribution in [2.24, 2.45) is 5.73 Å². The molecule has 0 fully saturated rings. The lowest BCUT2D eigenvalue weighted by Crippen LogP contribution is -2.16. The van der Waals surface area contributed by atoms with Crippen LogP contribution in [0.4, 0.5) is 0 Å². The summed E-state index contributed by atoms with van der Waals surface area (Å²) in [4.78, 5) is 21.6. The number of primary amides is 1. The molecule has 64 valence electrons. The minimum absolute atomic E-state index is 0.271. The van der Waals surface area contributed by atoms with Crippen LogP contribution in [0.1, 0.15) is 21.7 Å². The average Bonchev–Trinajstić information content (AvgIpc) is 1.82. The molecule has 0 spiro atoms. The molecule has 4 nitrogen and oxygen atoms in total. The Morgan fingerprint density at radius 2 is 2.08 bits per heavy atom. The first-order valence-corrected chi connectivity index (χ1v) is 3.43. The van der Waals surface area contributed by atoms with E-state index in [0.717, 1.165) is 0 Å². The highest BCUT2D eigenvalue weighted by atomic mass is 16.4. The third kappa shape index (κ3) is 1.37. The van der Waals surface area contributed by atoms with Gasteiger partial charge in [-0.05, 0) is 19.4 Å². The average molecular weight is 167 g/mol. The van der Waals surface area contributed by atoms with E-state index in [1.807, 2.05) is 0 Å². The van der Waals surface area contributed by atoms with Crippen LogP contribution in [-0.2, 0) is 0 Å². The molecule has 0 atom stereocenters. The normalized spacial score (nSPS) is 9.83. The lowest BCUT2D eigenvalue weighted by atomic mass is 10.1. The maximum absolute atomic E-state index is 10.8. The molecule has 0 radical (unpaired) electrons. The zero-order valence-corrected chi connectivity index (χ0v) is 6.88. The van der Waals surface area contributed by atoms with Crippen LogP contribution in [0.25, 0.3) is 0 Å². The molecule has 1 aromatic heterocycles. The summed E-state index contributed by atoms with van der Waals surface area (Å²) in [5.74, 6) is -0.304. The summed E-state index contributed by atoms with van der Waals surface area (Å²) in [6.07, 6.45) is 0. The van der Waals surface area contributed by atoms with E-state index in [1.54, 1.807) is 6.92 Å². The Kier molecular flexibility index (Phi) is 1.99. The molecule has 1 rings (SSSR count). The van der Waals surface area contributed by atoms with Gasteiger partial charge < -0.3 is 10.2 Å². The van der Waals surface area contributed by atoms with Gasteiger partial charge in [-0.2, -0.15) is 0 Å². The lowest BCUT2D eigenvalue weighted by molar-refractivity contribution is 0.0996. The smallest absolute Gasteiger partial charge is 0.336 e. The predicted octanol–water partition coefficient (Wildman–Crippen LogP) is 0.356. The molecule has 4 heteroatoms. The van der Waals surface area contributed by atoms with Gasteiger partial charge in [0.15, 0.2) is 0 Å². The van der Waals surface area contributed by atoms with Crippen molar-refractivity contribution in [3.63, 3.8) is 0 Å². The Bertz CT molecular complexity index is 352. The second-order valence-electron chi connectivity index (χ2n) is 2.54. The van der Waals surface area contributed by atoms with Gasteiger partial charge in [0, 0.05) is 6.07 Å². The molecule has 0 aliphatic heterocycles. The first-order chi connectivity index (χ1) is 5.52. The molecular weight excluding hydrogens is 158 g/mol. The second kappa shape index (κ2) is 2.81. The molecule has 0 aromatic carbocycles. The van der Waals surface area contributed by atoms with Gasteiger partial charge in [-0.15, -0.1) is 0 Å². The SMILES string of the molecule is Cc1cc(=O)oc(C)c1C(N)=O. The van der Waals surface area contributed by atoms with Crippen molar-refractivity contribution in [2.45, 2.75) is 13.8 Å². The molecule has 0 unspecified atom stereocenters. The molecule has 0 saturated heterocycles. The molecule has 0 aliphatic carbocycles.